The highest BCUT2D eigenvalue weighted by molar-refractivity contribution is 5.91. The van der Waals surface area contributed by atoms with Gasteiger partial charge in [-0.05, 0) is 36.6 Å². The molecule has 1 amide bonds. The van der Waals surface area contributed by atoms with Gasteiger partial charge < -0.3 is 10.0 Å². The maximum absolute atomic E-state index is 12.9. The van der Waals surface area contributed by atoms with Gasteiger partial charge in [-0.15, -0.1) is 0 Å². The minimum atomic E-state index is -0.314. The van der Waals surface area contributed by atoms with Gasteiger partial charge in [-0.25, -0.2) is 4.39 Å². The molecule has 1 aliphatic heterocycles. The van der Waals surface area contributed by atoms with Crippen LogP contribution in [-0.4, -0.2) is 35.1 Å². The number of halogens is 1. The summed E-state index contributed by atoms with van der Waals surface area (Å²) >= 11 is 0. The van der Waals surface area contributed by atoms with Crippen LogP contribution < -0.4 is 0 Å². The maximum atomic E-state index is 12.9. The molecule has 0 saturated carbocycles. The summed E-state index contributed by atoms with van der Waals surface area (Å²) in [5, 5.41) is 9.35. The molecule has 4 heteroatoms. The van der Waals surface area contributed by atoms with Crippen LogP contribution >= 0.6 is 0 Å². The Morgan fingerprint density at radius 2 is 2.11 bits per heavy atom. The summed E-state index contributed by atoms with van der Waals surface area (Å²) in [7, 11) is 0. The van der Waals surface area contributed by atoms with Crippen LogP contribution in [0.4, 0.5) is 4.39 Å². The molecule has 1 fully saturated rings. The van der Waals surface area contributed by atoms with E-state index < -0.39 is 0 Å². The second-order valence-corrected chi connectivity index (χ2v) is 4.44. The Morgan fingerprint density at radius 3 is 2.78 bits per heavy atom. The van der Waals surface area contributed by atoms with Gasteiger partial charge in [0.2, 0.25) is 5.91 Å². The molecule has 0 unspecified atom stereocenters. The number of nitrogens with zero attached hydrogens (tertiary/aromatic N) is 1. The molecule has 0 radical (unpaired) electrons. The number of aliphatic hydroxyl groups is 1. The van der Waals surface area contributed by atoms with Gasteiger partial charge in [0.25, 0.3) is 0 Å². The molecule has 1 aliphatic rings. The summed E-state index contributed by atoms with van der Waals surface area (Å²) in [4.78, 5) is 13.5. The summed E-state index contributed by atoms with van der Waals surface area (Å²) < 4.78 is 12.9. The summed E-state index contributed by atoms with van der Waals surface area (Å²) in [6.07, 6.45) is 4.02. The van der Waals surface area contributed by atoms with Crippen LogP contribution in [-0.2, 0) is 4.79 Å². The van der Waals surface area contributed by atoms with Crippen LogP contribution in [0.15, 0.2) is 30.3 Å². The second-order valence-electron chi connectivity index (χ2n) is 4.44. The van der Waals surface area contributed by atoms with Gasteiger partial charge in [-0.1, -0.05) is 12.1 Å². The zero-order valence-electron chi connectivity index (χ0n) is 10.1. The number of hydrogen-bond acceptors (Lipinski definition) is 2. The van der Waals surface area contributed by atoms with Crippen molar-refractivity contribution >= 4 is 12.0 Å². The standard InChI is InChI=1S/C14H16FNO2/c15-12-3-1-2-11(10-12)4-5-14(18)16-8-6-13(17)7-9-16/h1-5,10,13,17H,6-9H2/b5-4+. The van der Waals surface area contributed by atoms with Crippen molar-refractivity contribution in [2.45, 2.75) is 18.9 Å². The lowest BCUT2D eigenvalue weighted by molar-refractivity contribution is -0.127. The summed E-state index contributed by atoms with van der Waals surface area (Å²) in [6.45, 7) is 1.15. The zero-order valence-corrected chi connectivity index (χ0v) is 10.1. The normalized spacial score (nSPS) is 17.3. The van der Waals surface area contributed by atoms with Crippen molar-refractivity contribution in [3.63, 3.8) is 0 Å². The molecular formula is C14H16FNO2. The quantitative estimate of drug-likeness (QED) is 0.812. The molecule has 1 N–H and O–H groups in total. The van der Waals surface area contributed by atoms with Gasteiger partial charge in [0.05, 0.1) is 6.10 Å². The average Bonchev–Trinajstić information content (AvgIpc) is 2.37. The van der Waals surface area contributed by atoms with Crippen molar-refractivity contribution in [2.24, 2.45) is 0 Å². The Hall–Kier alpha value is -1.68. The Kier molecular flexibility index (Phi) is 4.10. The molecule has 0 spiro atoms. The summed E-state index contributed by atoms with van der Waals surface area (Å²) in [6, 6.07) is 6.10. The number of carbonyl (C=O) groups excluding carboxylic acids is 1. The fraction of sp³-hybridized carbons (Fsp3) is 0.357. The van der Waals surface area contributed by atoms with Crippen LogP contribution in [0, 0.1) is 5.82 Å². The third-order valence-electron chi connectivity index (χ3n) is 3.04. The Labute approximate surface area is 106 Å². The van der Waals surface area contributed by atoms with Crippen LogP contribution in [0.1, 0.15) is 18.4 Å². The number of likely N-dealkylation sites (tertiary alicyclic amines) is 1. The van der Waals surface area contributed by atoms with E-state index in [1.165, 1.54) is 18.2 Å². The highest BCUT2D eigenvalue weighted by Crippen LogP contribution is 2.11. The predicted octanol–water partition coefficient (Wildman–Crippen LogP) is 1.82. The number of piperidine rings is 1. The molecule has 1 heterocycles. The third-order valence-corrected chi connectivity index (χ3v) is 3.04. The highest BCUT2D eigenvalue weighted by atomic mass is 19.1. The first-order chi connectivity index (χ1) is 8.65. The zero-order chi connectivity index (χ0) is 13.0. The predicted molar refractivity (Wildman–Crippen MR) is 67.3 cm³/mol. The fourth-order valence-electron chi connectivity index (χ4n) is 1.97. The van der Waals surface area contributed by atoms with Crippen LogP contribution in [0.2, 0.25) is 0 Å². The lowest BCUT2D eigenvalue weighted by atomic mass is 10.1. The highest BCUT2D eigenvalue weighted by Gasteiger charge is 2.19. The van der Waals surface area contributed by atoms with E-state index in [0.29, 0.717) is 31.5 Å². The summed E-state index contributed by atoms with van der Waals surface area (Å²) in [5.41, 5.74) is 0.667. The van der Waals surface area contributed by atoms with Gasteiger partial charge in [-0.3, -0.25) is 4.79 Å². The molecule has 0 aliphatic carbocycles. The minimum Gasteiger partial charge on any atom is -0.393 e. The molecule has 1 aromatic rings. The van der Waals surface area contributed by atoms with E-state index in [2.05, 4.69) is 0 Å². The molecule has 18 heavy (non-hydrogen) atoms. The largest absolute Gasteiger partial charge is 0.393 e. The van der Waals surface area contributed by atoms with Crippen LogP contribution in [0.25, 0.3) is 6.08 Å². The van der Waals surface area contributed by atoms with Crippen molar-refractivity contribution < 1.29 is 14.3 Å². The van der Waals surface area contributed by atoms with Gasteiger partial charge in [0, 0.05) is 19.2 Å². The average molecular weight is 249 g/mol. The first kappa shape index (κ1) is 12.8. The smallest absolute Gasteiger partial charge is 0.246 e. The number of aliphatic hydroxyl groups excluding tert-OH is 1. The number of amides is 1. The van der Waals surface area contributed by atoms with E-state index in [0.717, 1.165) is 0 Å². The van der Waals surface area contributed by atoms with E-state index in [-0.39, 0.29) is 17.8 Å². The molecule has 0 bridgehead atoms. The van der Waals surface area contributed by atoms with Crippen molar-refractivity contribution in [2.75, 3.05) is 13.1 Å². The van der Waals surface area contributed by atoms with Crippen molar-refractivity contribution in [1.29, 1.82) is 0 Å². The molecule has 1 aromatic carbocycles. The molecule has 3 nitrogen and oxygen atoms in total. The summed E-state index contributed by atoms with van der Waals surface area (Å²) in [5.74, 6) is -0.406. The molecule has 0 aromatic heterocycles. The van der Waals surface area contributed by atoms with E-state index in [9.17, 15) is 14.3 Å². The molecule has 0 atom stereocenters. The first-order valence-corrected chi connectivity index (χ1v) is 6.06. The lowest BCUT2D eigenvalue weighted by Gasteiger charge is -2.28. The monoisotopic (exact) mass is 249 g/mol. The molecule has 96 valence electrons. The van der Waals surface area contributed by atoms with Gasteiger partial charge in [-0.2, -0.15) is 0 Å². The SMILES string of the molecule is O=C(/C=C/c1cccc(F)c1)N1CCC(O)CC1. The van der Waals surface area contributed by atoms with E-state index in [1.807, 2.05) is 0 Å². The Morgan fingerprint density at radius 1 is 1.39 bits per heavy atom. The van der Waals surface area contributed by atoms with Crippen molar-refractivity contribution in [1.82, 2.24) is 4.90 Å². The minimum absolute atomic E-state index is 0.0915. The van der Waals surface area contributed by atoms with Gasteiger partial charge >= 0.3 is 0 Å². The van der Waals surface area contributed by atoms with Crippen LogP contribution in [0.5, 0.6) is 0 Å². The van der Waals surface area contributed by atoms with Crippen molar-refractivity contribution in [3.05, 3.63) is 41.7 Å². The third kappa shape index (κ3) is 3.40. The first-order valence-electron chi connectivity index (χ1n) is 6.06. The molecular weight excluding hydrogens is 233 g/mol. The molecule has 1 saturated heterocycles. The number of rotatable bonds is 2. The Balaban J connectivity index is 1.94. The Bertz CT molecular complexity index is 451. The van der Waals surface area contributed by atoms with Gasteiger partial charge in [0.1, 0.15) is 5.82 Å². The van der Waals surface area contributed by atoms with Gasteiger partial charge in [0.15, 0.2) is 0 Å². The molecule has 2 rings (SSSR count). The van der Waals surface area contributed by atoms with E-state index in [4.69, 9.17) is 0 Å². The topological polar surface area (TPSA) is 40.5 Å². The number of carbonyl (C=O) groups is 1. The van der Waals surface area contributed by atoms with Crippen LogP contribution in [0.3, 0.4) is 0 Å². The van der Waals surface area contributed by atoms with E-state index in [1.54, 1.807) is 23.1 Å². The van der Waals surface area contributed by atoms with Crippen molar-refractivity contribution in [3.8, 4) is 0 Å². The lowest BCUT2D eigenvalue weighted by Crippen LogP contribution is -2.39. The van der Waals surface area contributed by atoms with E-state index >= 15 is 0 Å². The maximum Gasteiger partial charge on any atom is 0.246 e. The number of benzene rings is 1. The number of hydrogen-bond donors (Lipinski definition) is 1. The fourth-order valence-corrected chi connectivity index (χ4v) is 1.97. The second kappa shape index (κ2) is 5.78.